The molecule has 0 N–H and O–H groups in total. The van der Waals surface area contributed by atoms with E-state index in [1.807, 2.05) is 0 Å². The molecular weight excluding hydrogens is 236 g/mol. The Labute approximate surface area is 102 Å². The predicted molar refractivity (Wildman–Crippen MR) is 64.0 cm³/mol. The fourth-order valence-corrected chi connectivity index (χ4v) is 1.18. The van der Waals surface area contributed by atoms with Crippen molar-refractivity contribution in [2.24, 2.45) is 5.11 Å². The third-order valence-electron chi connectivity index (χ3n) is 2.00. The SMILES string of the molecule is [N-]=[N+]=NCCC#Cc1ccc([N+](=O)[O-])cc1C=O. The van der Waals surface area contributed by atoms with Gasteiger partial charge in [-0.25, -0.2) is 0 Å². The summed E-state index contributed by atoms with van der Waals surface area (Å²) < 4.78 is 0. The molecule has 0 aliphatic rings. The Balaban J connectivity index is 2.92. The molecule has 0 spiro atoms. The van der Waals surface area contributed by atoms with Gasteiger partial charge in [-0.3, -0.25) is 14.9 Å². The monoisotopic (exact) mass is 244 g/mol. The van der Waals surface area contributed by atoms with Crippen LogP contribution in [-0.2, 0) is 0 Å². The summed E-state index contributed by atoms with van der Waals surface area (Å²) in [4.78, 5) is 23.3. The minimum Gasteiger partial charge on any atom is -0.298 e. The van der Waals surface area contributed by atoms with E-state index in [-0.39, 0.29) is 17.8 Å². The highest BCUT2D eigenvalue weighted by molar-refractivity contribution is 5.80. The van der Waals surface area contributed by atoms with E-state index in [0.717, 1.165) is 0 Å². The summed E-state index contributed by atoms with van der Waals surface area (Å²) in [5, 5.41) is 13.8. The molecule has 0 aliphatic carbocycles. The van der Waals surface area contributed by atoms with Gasteiger partial charge in [0.25, 0.3) is 5.69 Å². The number of carbonyl (C=O) groups is 1. The van der Waals surface area contributed by atoms with Crippen LogP contribution in [-0.4, -0.2) is 17.8 Å². The first-order valence-electron chi connectivity index (χ1n) is 4.92. The van der Waals surface area contributed by atoms with Crippen molar-refractivity contribution < 1.29 is 9.72 Å². The van der Waals surface area contributed by atoms with E-state index >= 15 is 0 Å². The normalized spacial score (nSPS) is 8.67. The number of nitro groups is 1. The number of benzene rings is 1. The van der Waals surface area contributed by atoms with Crippen LogP contribution in [0, 0.1) is 22.0 Å². The van der Waals surface area contributed by atoms with E-state index in [0.29, 0.717) is 18.3 Å². The highest BCUT2D eigenvalue weighted by Crippen LogP contribution is 2.15. The van der Waals surface area contributed by atoms with Gasteiger partial charge in [0.05, 0.1) is 4.92 Å². The third-order valence-corrected chi connectivity index (χ3v) is 2.00. The zero-order chi connectivity index (χ0) is 13.4. The van der Waals surface area contributed by atoms with E-state index in [1.54, 1.807) is 0 Å². The summed E-state index contributed by atoms with van der Waals surface area (Å²) in [6.45, 7) is 0.243. The van der Waals surface area contributed by atoms with Crippen molar-refractivity contribution in [3.8, 4) is 11.8 Å². The zero-order valence-electron chi connectivity index (χ0n) is 9.24. The second-order valence-corrected chi connectivity index (χ2v) is 3.15. The molecule has 1 aromatic rings. The molecule has 0 radical (unpaired) electrons. The van der Waals surface area contributed by atoms with Gasteiger partial charge >= 0.3 is 0 Å². The summed E-state index contributed by atoms with van der Waals surface area (Å²) in [5.74, 6) is 5.42. The Hall–Kier alpha value is -2.84. The van der Waals surface area contributed by atoms with Gasteiger partial charge in [-0.1, -0.05) is 17.0 Å². The highest BCUT2D eigenvalue weighted by atomic mass is 16.6. The first-order chi connectivity index (χ1) is 8.69. The summed E-state index contributed by atoms with van der Waals surface area (Å²) in [6, 6.07) is 3.87. The number of nitro benzene ring substituents is 1. The van der Waals surface area contributed by atoms with Crippen LogP contribution in [0.4, 0.5) is 5.69 Å². The Morgan fingerprint density at radius 2 is 2.33 bits per heavy atom. The number of carbonyl (C=O) groups excluding carboxylic acids is 1. The molecular formula is C11H8N4O3. The van der Waals surface area contributed by atoms with Crippen molar-refractivity contribution in [1.82, 2.24) is 0 Å². The number of non-ortho nitro benzene ring substituents is 1. The van der Waals surface area contributed by atoms with Gasteiger partial charge < -0.3 is 0 Å². The lowest BCUT2D eigenvalue weighted by Crippen LogP contribution is -1.93. The number of hydrogen-bond donors (Lipinski definition) is 0. The second kappa shape index (κ2) is 6.68. The molecule has 1 rings (SSSR count). The van der Waals surface area contributed by atoms with Crippen LogP contribution in [0.5, 0.6) is 0 Å². The topological polar surface area (TPSA) is 109 Å². The van der Waals surface area contributed by atoms with Crippen LogP contribution in [0.1, 0.15) is 22.3 Å². The van der Waals surface area contributed by atoms with Crippen LogP contribution in [0.25, 0.3) is 10.4 Å². The summed E-state index contributed by atoms with van der Waals surface area (Å²) in [5.41, 5.74) is 8.47. The van der Waals surface area contributed by atoms with Gasteiger partial charge in [0.1, 0.15) is 0 Å². The highest BCUT2D eigenvalue weighted by Gasteiger charge is 2.08. The summed E-state index contributed by atoms with van der Waals surface area (Å²) >= 11 is 0. The molecule has 90 valence electrons. The maximum absolute atomic E-state index is 10.8. The molecule has 0 saturated heterocycles. The molecule has 0 aliphatic heterocycles. The molecule has 18 heavy (non-hydrogen) atoms. The first kappa shape index (κ1) is 13.2. The lowest BCUT2D eigenvalue weighted by Gasteiger charge is -1.96. The third kappa shape index (κ3) is 3.63. The number of aldehydes is 1. The van der Waals surface area contributed by atoms with Crippen LogP contribution < -0.4 is 0 Å². The minimum absolute atomic E-state index is 0.156. The lowest BCUT2D eigenvalue weighted by atomic mass is 10.1. The van der Waals surface area contributed by atoms with Crippen LogP contribution in [0.2, 0.25) is 0 Å². The predicted octanol–water partition coefficient (Wildman–Crippen LogP) is 2.46. The number of azide groups is 1. The molecule has 1 aromatic carbocycles. The Kier molecular flexibility index (Phi) is 4.91. The van der Waals surface area contributed by atoms with Crippen molar-refractivity contribution >= 4 is 12.0 Å². The van der Waals surface area contributed by atoms with Gasteiger partial charge in [-0.2, -0.15) is 0 Å². The molecule has 0 heterocycles. The average molecular weight is 244 g/mol. The molecule has 0 aromatic heterocycles. The fraction of sp³-hybridized carbons (Fsp3) is 0.182. The quantitative estimate of drug-likeness (QED) is 0.118. The Bertz CT molecular complexity index is 580. The molecule has 7 nitrogen and oxygen atoms in total. The average Bonchev–Trinajstić information content (AvgIpc) is 2.38. The van der Waals surface area contributed by atoms with Crippen molar-refractivity contribution in [2.45, 2.75) is 6.42 Å². The summed E-state index contributed by atoms with van der Waals surface area (Å²) in [6.07, 6.45) is 0.879. The molecule has 0 amide bonds. The van der Waals surface area contributed by atoms with Crippen molar-refractivity contribution in [2.75, 3.05) is 6.54 Å². The van der Waals surface area contributed by atoms with Gasteiger partial charge in [0.15, 0.2) is 6.29 Å². The largest absolute Gasteiger partial charge is 0.298 e. The molecule has 0 saturated carbocycles. The smallest absolute Gasteiger partial charge is 0.270 e. The van der Waals surface area contributed by atoms with Gasteiger partial charge in [-0.05, 0) is 11.6 Å². The van der Waals surface area contributed by atoms with Crippen LogP contribution >= 0.6 is 0 Å². The van der Waals surface area contributed by atoms with Crippen LogP contribution in [0.15, 0.2) is 23.3 Å². The molecule has 0 unspecified atom stereocenters. The molecule has 7 heteroatoms. The lowest BCUT2D eigenvalue weighted by molar-refractivity contribution is -0.384. The zero-order valence-corrected chi connectivity index (χ0v) is 9.24. The molecule has 0 bridgehead atoms. The van der Waals surface area contributed by atoms with E-state index in [4.69, 9.17) is 5.53 Å². The van der Waals surface area contributed by atoms with Crippen molar-refractivity contribution in [3.05, 3.63) is 49.9 Å². The summed E-state index contributed by atoms with van der Waals surface area (Å²) in [7, 11) is 0. The maximum Gasteiger partial charge on any atom is 0.270 e. The Morgan fingerprint density at radius 3 is 2.94 bits per heavy atom. The number of rotatable bonds is 4. The fourth-order valence-electron chi connectivity index (χ4n) is 1.18. The molecule has 0 fully saturated rings. The van der Waals surface area contributed by atoms with Gasteiger partial charge in [0, 0.05) is 41.1 Å². The maximum atomic E-state index is 10.8. The van der Waals surface area contributed by atoms with Gasteiger partial charge in [0.2, 0.25) is 0 Å². The van der Waals surface area contributed by atoms with E-state index in [9.17, 15) is 14.9 Å². The van der Waals surface area contributed by atoms with E-state index in [1.165, 1.54) is 18.2 Å². The van der Waals surface area contributed by atoms with E-state index in [2.05, 4.69) is 21.9 Å². The minimum atomic E-state index is -0.578. The second-order valence-electron chi connectivity index (χ2n) is 3.15. The van der Waals surface area contributed by atoms with E-state index < -0.39 is 4.92 Å². The standard InChI is InChI=1S/C11H8N4O3/c12-14-13-6-2-1-3-9-4-5-11(15(17)18)7-10(9)8-16/h4-5,7-8H,2,6H2. The molecule has 0 atom stereocenters. The van der Waals surface area contributed by atoms with Crippen molar-refractivity contribution in [3.63, 3.8) is 0 Å². The van der Waals surface area contributed by atoms with Gasteiger partial charge in [-0.15, -0.1) is 0 Å². The Morgan fingerprint density at radius 1 is 1.56 bits per heavy atom. The van der Waals surface area contributed by atoms with Crippen LogP contribution in [0.3, 0.4) is 0 Å². The number of hydrogen-bond acceptors (Lipinski definition) is 4. The number of nitrogens with zero attached hydrogens (tertiary/aromatic N) is 4. The first-order valence-corrected chi connectivity index (χ1v) is 4.92. The van der Waals surface area contributed by atoms with Crippen molar-refractivity contribution in [1.29, 1.82) is 0 Å².